The van der Waals surface area contributed by atoms with Crippen LogP contribution in [-0.4, -0.2) is 29.9 Å². The summed E-state index contributed by atoms with van der Waals surface area (Å²) in [4.78, 5) is 27.5. The normalized spacial score (nSPS) is 19.6. The summed E-state index contributed by atoms with van der Waals surface area (Å²) in [5.74, 6) is -1.69. The molecule has 2 aromatic rings. The molecule has 0 aliphatic carbocycles. The summed E-state index contributed by atoms with van der Waals surface area (Å²) < 4.78 is 19.7. The molecule has 5 heteroatoms. The number of halogens is 1. The number of amides is 1. The van der Waals surface area contributed by atoms with Gasteiger partial charge in [-0.25, -0.2) is 4.39 Å². The lowest BCUT2D eigenvalue weighted by Crippen LogP contribution is -2.46. The third kappa shape index (κ3) is 3.87. The summed E-state index contributed by atoms with van der Waals surface area (Å²) in [6.45, 7) is 4.25. The lowest BCUT2D eigenvalue weighted by Gasteiger charge is -2.40. The summed E-state index contributed by atoms with van der Waals surface area (Å²) in [7, 11) is 0. The number of benzene rings is 2. The van der Waals surface area contributed by atoms with E-state index < -0.39 is 17.8 Å². The average molecular weight is 369 g/mol. The van der Waals surface area contributed by atoms with Crippen molar-refractivity contribution in [1.82, 2.24) is 4.90 Å². The van der Waals surface area contributed by atoms with Crippen LogP contribution in [0.25, 0.3) is 0 Å². The molecule has 0 radical (unpaired) electrons. The molecule has 1 heterocycles. The van der Waals surface area contributed by atoms with Gasteiger partial charge in [-0.3, -0.25) is 9.59 Å². The highest BCUT2D eigenvalue weighted by Gasteiger charge is 2.41. The Bertz CT molecular complexity index is 801. The van der Waals surface area contributed by atoms with Crippen LogP contribution < -0.4 is 0 Å². The summed E-state index contributed by atoms with van der Waals surface area (Å²) in [5.41, 5.74) is 1.52. The molecule has 1 amide bonds. The Morgan fingerprint density at radius 2 is 1.89 bits per heavy atom. The molecular weight excluding hydrogens is 345 g/mol. The number of esters is 1. The number of rotatable bonds is 4. The first-order valence-electron chi connectivity index (χ1n) is 9.32. The molecule has 142 valence electrons. The number of piperidine rings is 1. The molecule has 1 unspecified atom stereocenters. The van der Waals surface area contributed by atoms with E-state index in [1.54, 1.807) is 30.9 Å². The fourth-order valence-electron chi connectivity index (χ4n) is 3.83. The molecule has 0 aromatic heterocycles. The number of carbonyl (C=O) groups is 2. The molecule has 1 aliphatic rings. The van der Waals surface area contributed by atoms with E-state index in [0.717, 1.165) is 5.56 Å². The molecule has 2 atom stereocenters. The van der Waals surface area contributed by atoms with Crippen molar-refractivity contribution in [3.63, 3.8) is 0 Å². The van der Waals surface area contributed by atoms with Crippen LogP contribution in [0.15, 0.2) is 48.5 Å². The van der Waals surface area contributed by atoms with Gasteiger partial charge in [-0.15, -0.1) is 0 Å². The van der Waals surface area contributed by atoms with Gasteiger partial charge in [-0.05, 0) is 43.9 Å². The van der Waals surface area contributed by atoms with Gasteiger partial charge in [-0.2, -0.15) is 0 Å². The minimum atomic E-state index is -0.537. The first kappa shape index (κ1) is 19.1. The lowest BCUT2D eigenvalue weighted by atomic mass is 9.84. The molecule has 1 fully saturated rings. The predicted octanol–water partition coefficient (Wildman–Crippen LogP) is 4.29. The fraction of sp³-hybridized carbons (Fsp3) is 0.364. The summed E-state index contributed by atoms with van der Waals surface area (Å²) in [6, 6.07) is 13.6. The maximum atomic E-state index is 14.4. The Hall–Kier alpha value is -2.69. The Kier molecular flexibility index (Phi) is 5.89. The van der Waals surface area contributed by atoms with E-state index in [-0.39, 0.29) is 24.0 Å². The van der Waals surface area contributed by atoms with E-state index in [0.29, 0.717) is 24.9 Å². The van der Waals surface area contributed by atoms with Crippen molar-refractivity contribution in [2.24, 2.45) is 5.92 Å². The molecule has 0 bridgehead atoms. The minimum Gasteiger partial charge on any atom is -0.466 e. The first-order chi connectivity index (χ1) is 13.0. The molecule has 4 nitrogen and oxygen atoms in total. The van der Waals surface area contributed by atoms with Gasteiger partial charge in [0.25, 0.3) is 5.91 Å². The minimum absolute atomic E-state index is 0.0722. The van der Waals surface area contributed by atoms with E-state index in [9.17, 15) is 14.0 Å². The van der Waals surface area contributed by atoms with E-state index in [1.165, 1.54) is 6.07 Å². The van der Waals surface area contributed by atoms with Crippen LogP contribution in [0.5, 0.6) is 0 Å². The highest BCUT2D eigenvalue weighted by atomic mass is 19.1. The third-order valence-electron chi connectivity index (χ3n) is 5.06. The zero-order chi connectivity index (χ0) is 19.4. The number of ether oxygens (including phenoxy) is 1. The topological polar surface area (TPSA) is 46.6 Å². The van der Waals surface area contributed by atoms with E-state index in [2.05, 4.69) is 0 Å². The molecule has 1 aliphatic heterocycles. The molecule has 27 heavy (non-hydrogen) atoms. The van der Waals surface area contributed by atoms with Crippen LogP contribution in [0.1, 0.15) is 47.3 Å². The maximum Gasteiger partial charge on any atom is 0.311 e. The molecule has 0 spiro atoms. The fourth-order valence-corrected chi connectivity index (χ4v) is 3.83. The van der Waals surface area contributed by atoms with Crippen LogP contribution in [0.2, 0.25) is 0 Å². The number of likely N-dealkylation sites (tertiary alicyclic amines) is 1. The Balaban J connectivity index is 2.03. The summed E-state index contributed by atoms with van der Waals surface area (Å²) in [6.07, 6.45) is 1.31. The number of hydrogen-bond donors (Lipinski definition) is 0. The van der Waals surface area contributed by atoms with Crippen molar-refractivity contribution in [3.05, 3.63) is 71.0 Å². The Morgan fingerprint density at radius 1 is 1.15 bits per heavy atom. The van der Waals surface area contributed by atoms with Crippen molar-refractivity contribution in [3.8, 4) is 0 Å². The second-order valence-corrected chi connectivity index (χ2v) is 6.79. The molecule has 0 N–H and O–H groups in total. The Morgan fingerprint density at radius 3 is 2.56 bits per heavy atom. The second kappa shape index (κ2) is 8.33. The maximum absolute atomic E-state index is 14.4. The molecule has 1 saturated heterocycles. The van der Waals surface area contributed by atoms with Gasteiger partial charge in [0.05, 0.1) is 24.1 Å². The number of hydrogen-bond acceptors (Lipinski definition) is 3. The first-order valence-corrected chi connectivity index (χ1v) is 9.32. The number of nitrogens with zero attached hydrogens (tertiary/aromatic N) is 1. The summed E-state index contributed by atoms with van der Waals surface area (Å²) in [5, 5.41) is 0. The SMILES string of the molecule is CCOC(=O)C1CCCN(C(=O)c2c(C)cccc2F)[C@H]1c1ccccc1. The van der Waals surface area contributed by atoms with Crippen LogP contribution in [0.4, 0.5) is 4.39 Å². The standard InChI is InChI=1S/C22H24FNO3/c1-3-27-22(26)17-12-8-14-24(20(17)16-10-5-4-6-11-16)21(25)19-15(2)9-7-13-18(19)23/h4-7,9-11,13,17,20H,3,8,12,14H2,1-2H3/t17?,20-/m0/s1. The van der Waals surface area contributed by atoms with Gasteiger partial charge in [0.15, 0.2) is 0 Å². The van der Waals surface area contributed by atoms with Crippen molar-refractivity contribution in [2.45, 2.75) is 32.7 Å². The zero-order valence-electron chi connectivity index (χ0n) is 15.7. The largest absolute Gasteiger partial charge is 0.466 e. The smallest absolute Gasteiger partial charge is 0.311 e. The number of carbonyl (C=O) groups excluding carboxylic acids is 2. The van der Waals surface area contributed by atoms with E-state index >= 15 is 0 Å². The van der Waals surface area contributed by atoms with Gasteiger partial charge in [0, 0.05) is 6.54 Å². The molecular formula is C22H24FNO3. The zero-order valence-corrected chi connectivity index (χ0v) is 15.7. The second-order valence-electron chi connectivity index (χ2n) is 6.79. The van der Waals surface area contributed by atoms with Gasteiger partial charge >= 0.3 is 5.97 Å². The highest BCUT2D eigenvalue weighted by Crippen LogP contribution is 2.38. The van der Waals surface area contributed by atoms with Gasteiger partial charge in [-0.1, -0.05) is 42.5 Å². The van der Waals surface area contributed by atoms with Crippen molar-refractivity contribution in [2.75, 3.05) is 13.2 Å². The van der Waals surface area contributed by atoms with Crippen LogP contribution in [-0.2, 0) is 9.53 Å². The van der Waals surface area contributed by atoms with Crippen molar-refractivity contribution in [1.29, 1.82) is 0 Å². The van der Waals surface area contributed by atoms with Crippen molar-refractivity contribution < 1.29 is 18.7 Å². The third-order valence-corrected chi connectivity index (χ3v) is 5.06. The van der Waals surface area contributed by atoms with Crippen LogP contribution in [0.3, 0.4) is 0 Å². The quantitative estimate of drug-likeness (QED) is 0.756. The number of aryl methyl sites for hydroxylation is 1. The molecule has 0 saturated carbocycles. The molecule has 3 rings (SSSR count). The van der Waals surface area contributed by atoms with Gasteiger partial charge < -0.3 is 9.64 Å². The van der Waals surface area contributed by atoms with Crippen LogP contribution in [0, 0.1) is 18.7 Å². The van der Waals surface area contributed by atoms with Crippen molar-refractivity contribution >= 4 is 11.9 Å². The van der Waals surface area contributed by atoms with Gasteiger partial charge in [0.2, 0.25) is 0 Å². The highest BCUT2D eigenvalue weighted by molar-refractivity contribution is 5.96. The van der Waals surface area contributed by atoms with Crippen LogP contribution >= 0.6 is 0 Å². The predicted molar refractivity (Wildman–Crippen MR) is 101 cm³/mol. The lowest BCUT2D eigenvalue weighted by molar-refractivity contribution is -0.151. The summed E-state index contributed by atoms with van der Waals surface area (Å²) >= 11 is 0. The van der Waals surface area contributed by atoms with E-state index in [4.69, 9.17) is 4.74 Å². The molecule has 2 aromatic carbocycles. The monoisotopic (exact) mass is 369 g/mol. The Labute approximate surface area is 158 Å². The van der Waals surface area contributed by atoms with E-state index in [1.807, 2.05) is 30.3 Å². The average Bonchev–Trinajstić information content (AvgIpc) is 2.68. The van der Waals surface area contributed by atoms with Gasteiger partial charge in [0.1, 0.15) is 5.82 Å².